The molecular formula is C24H25FN4O2S. The van der Waals surface area contributed by atoms with Gasteiger partial charge in [-0.1, -0.05) is 30.3 Å². The first-order valence-electron chi connectivity index (χ1n) is 10.6. The van der Waals surface area contributed by atoms with Gasteiger partial charge in [0.2, 0.25) is 5.91 Å². The van der Waals surface area contributed by atoms with E-state index in [1.165, 1.54) is 22.9 Å². The smallest absolute Gasteiger partial charge is 0.271 e. The number of benzene rings is 2. The van der Waals surface area contributed by atoms with Gasteiger partial charge in [0.25, 0.3) is 5.56 Å². The second kappa shape index (κ2) is 10.5. The zero-order valence-corrected chi connectivity index (χ0v) is 18.5. The molecule has 8 heteroatoms. The van der Waals surface area contributed by atoms with E-state index in [4.69, 9.17) is 0 Å². The summed E-state index contributed by atoms with van der Waals surface area (Å²) in [7, 11) is 0. The van der Waals surface area contributed by atoms with Gasteiger partial charge in [-0.15, -0.1) is 16.9 Å². The zero-order chi connectivity index (χ0) is 22.3. The summed E-state index contributed by atoms with van der Waals surface area (Å²) >= 11 is 1.54. The predicted molar refractivity (Wildman–Crippen MR) is 126 cm³/mol. The van der Waals surface area contributed by atoms with Crippen molar-refractivity contribution in [1.29, 1.82) is 0 Å². The van der Waals surface area contributed by atoms with Crippen LogP contribution in [-0.2, 0) is 10.5 Å². The third-order valence-electron chi connectivity index (χ3n) is 5.37. The third-order valence-corrected chi connectivity index (χ3v) is 6.36. The van der Waals surface area contributed by atoms with Crippen LogP contribution in [0.25, 0.3) is 5.69 Å². The Labute approximate surface area is 190 Å². The summed E-state index contributed by atoms with van der Waals surface area (Å²) in [4.78, 5) is 29.0. The van der Waals surface area contributed by atoms with Gasteiger partial charge in [-0.2, -0.15) is 4.68 Å². The molecule has 4 rings (SSSR count). The molecule has 0 unspecified atom stereocenters. The van der Waals surface area contributed by atoms with Crippen LogP contribution < -0.4 is 10.5 Å². The number of aromatic nitrogens is 2. The van der Waals surface area contributed by atoms with E-state index in [0.717, 1.165) is 30.0 Å². The maximum atomic E-state index is 13.0. The topological polar surface area (TPSA) is 58.4 Å². The molecule has 1 fully saturated rings. The SMILES string of the molecule is O=C(CSCc1ccc(F)cc1)N1CCCN(c2ccc(=O)n(-c3ccccc3)n2)CC1. The van der Waals surface area contributed by atoms with Crippen molar-refractivity contribution >= 4 is 23.5 Å². The van der Waals surface area contributed by atoms with Crippen molar-refractivity contribution in [2.45, 2.75) is 12.2 Å². The highest BCUT2D eigenvalue weighted by molar-refractivity contribution is 7.99. The lowest BCUT2D eigenvalue weighted by Crippen LogP contribution is -2.36. The number of anilines is 1. The number of halogens is 1. The van der Waals surface area contributed by atoms with Crippen molar-refractivity contribution in [3.8, 4) is 5.69 Å². The number of nitrogens with zero attached hydrogens (tertiary/aromatic N) is 4. The van der Waals surface area contributed by atoms with E-state index in [1.807, 2.05) is 35.2 Å². The van der Waals surface area contributed by atoms with Crippen molar-refractivity contribution in [2.75, 3.05) is 36.8 Å². The fourth-order valence-electron chi connectivity index (χ4n) is 3.65. The highest BCUT2D eigenvalue weighted by atomic mass is 32.2. The van der Waals surface area contributed by atoms with Crippen molar-refractivity contribution in [3.05, 3.63) is 88.5 Å². The molecule has 1 saturated heterocycles. The number of carbonyl (C=O) groups is 1. The van der Waals surface area contributed by atoms with E-state index in [2.05, 4.69) is 10.00 Å². The Balaban J connectivity index is 1.34. The Morgan fingerprint density at radius 3 is 2.50 bits per heavy atom. The molecule has 166 valence electrons. The van der Waals surface area contributed by atoms with Gasteiger partial charge in [0.15, 0.2) is 0 Å². The summed E-state index contributed by atoms with van der Waals surface area (Å²) in [5.74, 6) is 1.66. The molecule has 1 amide bonds. The maximum Gasteiger partial charge on any atom is 0.271 e. The largest absolute Gasteiger partial charge is 0.353 e. The van der Waals surface area contributed by atoms with Crippen LogP contribution in [0.15, 0.2) is 71.5 Å². The van der Waals surface area contributed by atoms with E-state index >= 15 is 0 Å². The molecule has 0 saturated carbocycles. The number of rotatable bonds is 6. The van der Waals surface area contributed by atoms with Crippen LogP contribution in [0.1, 0.15) is 12.0 Å². The second-order valence-corrected chi connectivity index (χ2v) is 8.60. The van der Waals surface area contributed by atoms with Crippen molar-refractivity contribution in [3.63, 3.8) is 0 Å². The lowest BCUT2D eigenvalue weighted by atomic mass is 10.2. The van der Waals surface area contributed by atoms with Gasteiger partial charge < -0.3 is 9.80 Å². The standard InChI is InChI=1S/C24H25FN4O2S/c25-20-9-7-19(8-10-20)17-32-18-24(31)28-14-4-13-27(15-16-28)22-11-12-23(30)29(26-22)21-5-2-1-3-6-21/h1-3,5-12H,4,13-18H2. The Bertz CT molecular complexity index is 1100. The summed E-state index contributed by atoms with van der Waals surface area (Å²) in [6.07, 6.45) is 0.834. The van der Waals surface area contributed by atoms with Gasteiger partial charge in [-0.3, -0.25) is 9.59 Å². The first-order valence-corrected chi connectivity index (χ1v) is 11.8. The van der Waals surface area contributed by atoms with Crippen molar-refractivity contribution in [2.24, 2.45) is 0 Å². The minimum atomic E-state index is -0.252. The molecule has 0 spiro atoms. The zero-order valence-electron chi connectivity index (χ0n) is 17.7. The van der Waals surface area contributed by atoms with Crippen LogP contribution in [0.2, 0.25) is 0 Å². The normalized spacial score (nSPS) is 14.3. The Morgan fingerprint density at radius 2 is 1.72 bits per heavy atom. The average Bonchev–Trinajstić information content (AvgIpc) is 3.08. The number of thioether (sulfide) groups is 1. The first kappa shape index (κ1) is 22.1. The van der Waals surface area contributed by atoms with E-state index in [1.54, 1.807) is 30.0 Å². The van der Waals surface area contributed by atoms with Gasteiger partial charge >= 0.3 is 0 Å². The Morgan fingerprint density at radius 1 is 0.938 bits per heavy atom. The highest BCUT2D eigenvalue weighted by Gasteiger charge is 2.20. The molecule has 0 bridgehead atoms. The fraction of sp³-hybridized carbons (Fsp3) is 0.292. The molecule has 0 atom stereocenters. The number of hydrogen-bond donors (Lipinski definition) is 0. The van der Waals surface area contributed by atoms with E-state index in [-0.39, 0.29) is 17.3 Å². The molecule has 2 aromatic carbocycles. The van der Waals surface area contributed by atoms with E-state index < -0.39 is 0 Å². The van der Waals surface area contributed by atoms with Crippen molar-refractivity contribution in [1.82, 2.24) is 14.7 Å². The number of hydrogen-bond acceptors (Lipinski definition) is 5. The monoisotopic (exact) mass is 452 g/mol. The van der Waals surface area contributed by atoms with Crippen LogP contribution in [0.5, 0.6) is 0 Å². The lowest BCUT2D eigenvalue weighted by Gasteiger charge is -2.23. The Kier molecular flexibility index (Phi) is 7.21. The molecule has 0 N–H and O–H groups in total. The van der Waals surface area contributed by atoms with Crippen molar-refractivity contribution < 1.29 is 9.18 Å². The van der Waals surface area contributed by atoms with Crippen LogP contribution in [0.3, 0.4) is 0 Å². The number of amides is 1. The number of carbonyl (C=O) groups excluding carboxylic acids is 1. The van der Waals surface area contributed by atoms with Gasteiger partial charge in [0, 0.05) is 38.0 Å². The van der Waals surface area contributed by atoms with Crippen LogP contribution in [0.4, 0.5) is 10.2 Å². The maximum absolute atomic E-state index is 13.0. The summed E-state index contributed by atoms with van der Waals surface area (Å²) in [6.45, 7) is 2.74. The third kappa shape index (κ3) is 5.56. The second-order valence-electron chi connectivity index (χ2n) is 7.62. The molecule has 32 heavy (non-hydrogen) atoms. The highest BCUT2D eigenvalue weighted by Crippen LogP contribution is 2.16. The molecule has 2 heterocycles. The first-order chi connectivity index (χ1) is 15.6. The minimum Gasteiger partial charge on any atom is -0.353 e. The summed E-state index contributed by atoms with van der Waals surface area (Å²) in [6, 6.07) is 19.0. The summed E-state index contributed by atoms with van der Waals surface area (Å²) < 4.78 is 14.4. The quantitative estimate of drug-likeness (QED) is 0.574. The summed E-state index contributed by atoms with van der Waals surface area (Å²) in [5.41, 5.74) is 1.56. The molecule has 1 aliphatic rings. The summed E-state index contributed by atoms with van der Waals surface area (Å²) in [5, 5.41) is 4.56. The molecule has 1 aromatic heterocycles. The van der Waals surface area contributed by atoms with Crippen LogP contribution in [0, 0.1) is 5.82 Å². The fourth-order valence-corrected chi connectivity index (χ4v) is 4.54. The molecule has 3 aromatic rings. The van der Waals surface area contributed by atoms with Crippen LogP contribution >= 0.6 is 11.8 Å². The van der Waals surface area contributed by atoms with Crippen LogP contribution in [-0.4, -0.2) is 52.5 Å². The Hall–Kier alpha value is -3.13. The van der Waals surface area contributed by atoms with Gasteiger partial charge in [0.1, 0.15) is 11.6 Å². The van der Waals surface area contributed by atoms with Gasteiger partial charge in [-0.25, -0.2) is 4.39 Å². The molecule has 0 radical (unpaired) electrons. The molecule has 6 nitrogen and oxygen atoms in total. The minimum absolute atomic E-state index is 0.112. The molecular weight excluding hydrogens is 427 g/mol. The number of para-hydroxylation sites is 1. The molecule has 0 aliphatic carbocycles. The van der Waals surface area contributed by atoms with E-state index in [9.17, 15) is 14.0 Å². The van der Waals surface area contributed by atoms with E-state index in [0.29, 0.717) is 31.1 Å². The predicted octanol–water partition coefficient (Wildman–Crippen LogP) is 3.34. The molecule has 1 aliphatic heterocycles. The lowest BCUT2D eigenvalue weighted by molar-refractivity contribution is -0.128. The average molecular weight is 453 g/mol. The van der Waals surface area contributed by atoms with Gasteiger partial charge in [0.05, 0.1) is 11.4 Å². The van der Waals surface area contributed by atoms with Gasteiger partial charge in [-0.05, 0) is 42.3 Å².